The molecule has 0 spiro atoms. The molecule has 0 saturated heterocycles. The first-order chi connectivity index (χ1) is 9.13. The third-order valence-corrected chi connectivity index (χ3v) is 2.92. The zero-order valence-electron chi connectivity index (χ0n) is 10.6. The summed E-state index contributed by atoms with van der Waals surface area (Å²) in [6, 6.07) is 4.56. The van der Waals surface area contributed by atoms with E-state index in [0.29, 0.717) is 23.4 Å². The zero-order valence-corrected chi connectivity index (χ0v) is 10.6. The van der Waals surface area contributed by atoms with Crippen LogP contribution in [0.15, 0.2) is 18.2 Å². The molecule has 1 aliphatic heterocycles. The van der Waals surface area contributed by atoms with Crippen LogP contribution in [0.25, 0.3) is 0 Å². The monoisotopic (exact) mass is 264 g/mol. The lowest BCUT2D eigenvalue weighted by Crippen LogP contribution is -2.37. The molecule has 0 aromatic heterocycles. The Hall–Kier alpha value is -2.08. The molecule has 1 atom stereocenters. The number of carbonyl (C=O) groups is 2. The van der Waals surface area contributed by atoms with E-state index >= 15 is 0 Å². The zero-order chi connectivity index (χ0) is 13.8. The molecule has 2 rings (SSSR count). The molecular formula is C13H16N2O4. The highest BCUT2D eigenvalue weighted by atomic mass is 16.5. The standard InChI is InChI=1S/C13H16N2O4/c1-2-9(6-16)14-13(18)8-3-4-11-10(5-8)15-12(17)7-19-11/h3-5,9,16H,2,6-7H2,1H3,(H,14,18)(H,15,17). The lowest BCUT2D eigenvalue weighted by Gasteiger charge is -2.19. The first-order valence-corrected chi connectivity index (χ1v) is 6.12. The minimum atomic E-state index is -0.288. The molecule has 0 aliphatic carbocycles. The Morgan fingerprint density at radius 3 is 3.05 bits per heavy atom. The SMILES string of the molecule is CCC(CO)NC(=O)c1ccc2c(c1)NC(=O)CO2. The van der Waals surface area contributed by atoms with Crippen molar-refractivity contribution >= 4 is 17.5 Å². The van der Waals surface area contributed by atoms with Gasteiger partial charge in [0.15, 0.2) is 6.61 Å². The molecule has 6 heteroatoms. The number of anilines is 1. The van der Waals surface area contributed by atoms with Crippen molar-refractivity contribution in [1.29, 1.82) is 0 Å². The average molecular weight is 264 g/mol. The second-order valence-electron chi connectivity index (χ2n) is 4.31. The van der Waals surface area contributed by atoms with Crippen LogP contribution < -0.4 is 15.4 Å². The maximum atomic E-state index is 12.0. The van der Waals surface area contributed by atoms with Gasteiger partial charge >= 0.3 is 0 Å². The fourth-order valence-electron chi connectivity index (χ4n) is 1.77. The van der Waals surface area contributed by atoms with Crippen molar-refractivity contribution in [3.8, 4) is 5.75 Å². The Labute approximate surface area is 110 Å². The lowest BCUT2D eigenvalue weighted by molar-refractivity contribution is -0.118. The van der Waals surface area contributed by atoms with Crippen LogP contribution in [-0.4, -0.2) is 36.2 Å². The van der Waals surface area contributed by atoms with Gasteiger partial charge in [0, 0.05) is 5.56 Å². The Morgan fingerprint density at radius 2 is 2.37 bits per heavy atom. The van der Waals surface area contributed by atoms with E-state index < -0.39 is 0 Å². The van der Waals surface area contributed by atoms with Crippen LogP contribution in [0.4, 0.5) is 5.69 Å². The molecule has 1 aromatic carbocycles. The Bertz CT molecular complexity index is 497. The van der Waals surface area contributed by atoms with E-state index in [1.807, 2.05) is 6.92 Å². The normalized spacial score (nSPS) is 14.9. The van der Waals surface area contributed by atoms with E-state index in [2.05, 4.69) is 10.6 Å². The fourth-order valence-corrected chi connectivity index (χ4v) is 1.77. The van der Waals surface area contributed by atoms with Crippen molar-refractivity contribution in [2.75, 3.05) is 18.5 Å². The van der Waals surface area contributed by atoms with Crippen LogP contribution >= 0.6 is 0 Å². The van der Waals surface area contributed by atoms with Crippen molar-refractivity contribution in [2.24, 2.45) is 0 Å². The minimum Gasteiger partial charge on any atom is -0.482 e. The van der Waals surface area contributed by atoms with Crippen molar-refractivity contribution in [3.63, 3.8) is 0 Å². The molecule has 0 saturated carbocycles. The Balaban J connectivity index is 2.15. The second-order valence-corrected chi connectivity index (χ2v) is 4.31. The minimum absolute atomic E-state index is 0.0129. The summed E-state index contributed by atoms with van der Waals surface area (Å²) in [5.41, 5.74) is 0.900. The first kappa shape index (κ1) is 13.4. The van der Waals surface area contributed by atoms with Crippen molar-refractivity contribution in [3.05, 3.63) is 23.8 Å². The van der Waals surface area contributed by atoms with Crippen molar-refractivity contribution in [2.45, 2.75) is 19.4 Å². The summed E-state index contributed by atoms with van der Waals surface area (Å²) in [6.07, 6.45) is 0.646. The number of benzene rings is 1. The predicted molar refractivity (Wildman–Crippen MR) is 69.2 cm³/mol. The molecule has 1 heterocycles. The van der Waals surface area contributed by atoms with Crippen molar-refractivity contribution < 1.29 is 19.4 Å². The largest absolute Gasteiger partial charge is 0.482 e. The smallest absolute Gasteiger partial charge is 0.262 e. The summed E-state index contributed by atoms with van der Waals surface area (Å²) in [4.78, 5) is 23.2. The van der Waals surface area contributed by atoms with Crippen LogP contribution in [0.3, 0.4) is 0 Å². The summed E-state index contributed by atoms with van der Waals surface area (Å²) < 4.78 is 5.21. The average Bonchev–Trinajstić information content (AvgIpc) is 2.43. The Morgan fingerprint density at radius 1 is 1.58 bits per heavy atom. The number of amides is 2. The van der Waals surface area contributed by atoms with E-state index in [1.54, 1.807) is 18.2 Å². The molecule has 1 aliphatic rings. The molecule has 1 unspecified atom stereocenters. The number of ether oxygens (including phenoxy) is 1. The number of fused-ring (bicyclic) bond motifs is 1. The summed E-state index contributed by atoms with van der Waals surface area (Å²) >= 11 is 0. The molecule has 0 radical (unpaired) electrons. The van der Waals surface area contributed by atoms with Gasteiger partial charge in [0.1, 0.15) is 5.75 Å². The topological polar surface area (TPSA) is 87.7 Å². The van der Waals surface area contributed by atoms with Crippen LogP contribution in [0.5, 0.6) is 5.75 Å². The number of rotatable bonds is 4. The van der Waals surface area contributed by atoms with E-state index in [4.69, 9.17) is 9.84 Å². The summed E-state index contributed by atoms with van der Waals surface area (Å²) in [6.45, 7) is 1.76. The molecular weight excluding hydrogens is 248 g/mol. The van der Waals surface area contributed by atoms with Crippen LogP contribution in [0, 0.1) is 0 Å². The van der Waals surface area contributed by atoms with Gasteiger partial charge in [-0.15, -0.1) is 0 Å². The van der Waals surface area contributed by atoms with Crippen molar-refractivity contribution in [1.82, 2.24) is 5.32 Å². The van der Waals surface area contributed by atoms with Gasteiger partial charge in [-0.2, -0.15) is 0 Å². The molecule has 19 heavy (non-hydrogen) atoms. The third-order valence-electron chi connectivity index (χ3n) is 2.92. The predicted octanol–water partition coefficient (Wildman–Crippen LogP) is 0.518. The van der Waals surface area contributed by atoms with Gasteiger partial charge in [-0.1, -0.05) is 6.92 Å². The molecule has 1 aromatic rings. The molecule has 0 fully saturated rings. The van der Waals surface area contributed by atoms with Gasteiger partial charge in [-0.05, 0) is 24.6 Å². The molecule has 2 amide bonds. The molecule has 0 bridgehead atoms. The van der Waals surface area contributed by atoms with Crippen LogP contribution in [-0.2, 0) is 4.79 Å². The van der Waals surface area contributed by atoms with Crippen LogP contribution in [0.2, 0.25) is 0 Å². The maximum absolute atomic E-state index is 12.0. The third kappa shape index (κ3) is 3.03. The number of aliphatic hydroxyl groups excluding tert-OH is 1. The number of carbonyl (C=O) groups excluding carboxylic acids is 2. The molecule has 3 N–H and O–H groups in total. The summed E-state index contributed by atoms with van der Waals surface area (Å²) in [5, 5.41) is 14.4. The number of aliphatic hydroxyl groups is 1. The van der Waals surface area contributed by atoms with Gasteiger partial charge in [0.05, 0.1) is 18.3 Å². The fraction of sp³-hybridized carbons (Fsp3) is 0.385. The van der Waals surface area contributed by atoms with E-state index in [1.165, 1.54) is 0 Å². The maximum Gasteiger partial charge on any atom is 0.262 e. The highest BCUT2D eigenvalue weighted by Gasteiger charge is 2.18. The first-order valence-electron chi connectivity index (χ1n) is 6.12. The molecule has 102 valence electrons. The Kier molecular flexibility index (Phi) is 4.01. The van der Waals surface area contributed by atoms with Gasteiger partial charge in [0.25, 0.3) is 11.8 Å². The van der Waals surface area contributed by atoms with E-state index in [9.17, 15) is 9.59 Å². The summed E-state index contributed by atoms with van der Waals surface area (Å²) in [7, 11) is 0. The highest BCUT2D eigenvalue weighted by Crippen LogP contribution is 2.28. The lowest BCUT2D eigenvalue weighted by atomic mass is 10.1. The number of hydrogen-bond donors (Lipinski definition) is 3. The van der Waals surface area contributed by atoms with Crippen LogP contribution in [0.1, 0.15) is 23.7 Å². The van der Waals surface area contributed by atoms with Gasteiger partial charge < -0.3 is 20.5 Å². The van der Waals surface area contributed by atoms with E-state index in [-0.39, 0.29) is 31.1 Å². The quantitative estimate of drug-likeness (QED) is 0.739. The number of hydrogen-bond acceptors (Lipinski definition) is 4. The van der Waals surface area contributed by atoms with Gasteiger partial charge in [-0.25, -0.2) is 0 Å². The van der Waals surface area contributed by atoms with Gasteiger partial charge in [-0.3, -0.25) is 9.59 Å². The second kappa shape index (κ2) is 5.71. The highest BCUT2D eigenvalue weighted by molar-refractivity contribution is 5.99. The molecule has 6 nitrogen and oxygen atoms in total. The number of nitrogens with one attached hydrogen (secondary N) is 2. The summed E-state index contributed by atoms with van der Waals surface area (Å²) in [5.74, 6) is 0.0146. The van der Waals surface area contributed by atoms with E-state index in [0.717, 1.165) is 0 Å². The van der Waals surface area contributed by atoms with Gasteiger partial charge in [0.2, 0.25) is 0 Å².